The smallest absolute Gasteiger partial charge is 0.252 e. The van der Waals surface area contributed by atoms with E-state index < -0.39 is 6.71 Å². The first-order valence-corrected chi connectivity index (χ1v) is 45.3. The van der Waals surface area contributed by atoms with E-state index in [1.807, 2.05) is 0 Å². The third-order valence-electron chi connectivity index (χ3n) is 25.2. The van der Waals surface area contributed by atoms with Crippen LogP contribution in [0.5, 0.6) is 0 Å². The Morgan fingerprint density at radius 1 is 0.258 bits per heavy atom. The molecule has 15 aromatic rings. The SMILES string of the molecule is [2H]c1c([2H])c([2H])c2c(c1[2H])c1cc(CC(C)(C)C)ccc1n2-c1ccc2c(c1)N(c1c(-c3cccc(C(C)(C)C)c3)cc(CC(C)(C)C)cc1-c1cccc(C(C)(C)C)c1)c1cc(CC(C)(C)C)cc3c1B2c1ccc(-n2c4ccc(CC(C)(C)C)cc4c4c([2H])c([2H])c([2H])c([2H])c42)cc1N3c1c(-c2cccc(C(C)(C)C)c2)cc(CC(C)(C)C)cc1-c1cccc(C(C)(C)C)c1. The summed E-state index contributed by atoms with van der Waals surface area (Å²) in [5.74, 6) is 0. The van der Waals surface area contributed by atoms with Gasteiger partial charge in [-0.3, -0.25) is 0 Å². The molecule has 5 heteroatoms. The van der Waals surface area contributed by atoms with Gasteiger partial charge in [-0.05, 0) is 267 Å². The van der Waals surface area contributed by atoms with Crippen LogP contribution < -0.4 is 26.2 Å². The van der Waals surface area contributed by atoms with Gasteiger partial charge >= 0.3 is 0 Å². The standard InChI is InChI=1S/C119H133BN4/c1-111(2,3)70-75-48-54-102-96(56-75)90-44-28-30-46-100(90)121(102)88-50-52-98-104(68-88)123(109-92(80-36-32-40-84(64-80)116(16,17)18)58-77(72-113(7,8)9)59-93(109)81-37-33-41-85(65-81)117(19,20)21)106-62-79(74-115(13,14)15)63-107-108(106)120(98)99-53-51-89(122-101-47-31-29-45-91(101)97-57-76(49-55-103(97)122)71-112(4,5)6)69-105(99)124(107)110-94(82-38-34-42-86(66-82)118(22,23)24)60-78(73-114(10,11)12)61-95(110)83-39-35-43-87(67-83)119(25,26)27/h28-69H,70-74H2,1-27H3/i28D,29D,30D,31D,44D,45D,46D,47D. The quantitative estimate of drug-likeness (QED) is 0.107. The third kappa shape index (κ3) is 16.7. The van der Waals surface area contributed by atoms with E-state index in [9.17, 15) is 11.0 Å². The molecule has 0 spiro atoms. The van der Waals surface area contributed by atoms with E-state index in [0.717, 1.165) is 171 Å². The zero-order valence-electron chi connectivity index (χ0n) is 87.0. The van der Waals surface area contributed by atoms with E-state index in [0.29, 0.717) is 28.2 Å². The second-order valence-electron chi connectivity index (χ2n) is 46.5. The number of hydrogen-bond acceptors (Lipinski definition) is 2. The first kappa shape index (κ1) is 75.6. The zero-order chi connectivity index (χ0) is 95.4. The van der Waals surface area contributed by atoms with Crippen LogP contribution in [0.1, 0.15) is 248 Å². The molecule has 0 N–H and O–H groups in total. The summed E-state index contributed by atoms with van der Waals surface area (Å²) in [5, 5.41) is 2.46. The molecule has 0 unspecified atom stereocenters. The van der Waals surface area contributed by atoms with Gasteiger partial charge in [-0.2, -0.15) is 0 Å². The lowest BCUT2D eigenvalue weighted by Gasteiger charge is -2.46. The van der Waals surface area contributed by atoms with E-state index in [2.05, 4.69) is 412 Å². The summed E-state index contributed by atoms with van der Waals surface area (Å²) in [6.45, 7) is 61.6. The molecule has 4 heterocycles. The van der Waals surface area contributed by atoms with Crippen LogP contribution in [-0.2, 0) is 53.8 Å². The lowest BCUT2D eigenvalue weighted by Crippen LogP contribution is -2.61. The molecule has 0 aliphatic carbocycles. The molecule has 2 aromatic heterocycles. The zero-order valence-corrected chi connectivity index (χ0v) is 79.0. The number of para-hydroxylation sites is 2. The first-order valence-electron chi connectivity index (χ1n) is 49.3. The molecule has 13 aromatic carbocycles. The van der Waals surface area contributed by atoms with Crippen LogP contribution in [0.25, 0.3) is 99.5 Å². The molecular formula is C119H133BN4. The fraction of sp³-hybridized carbons (Fsp3) is 0.345. The monoisotopic (exact) mass is 1640 g/mol. The highest BCUT2D eigenvalue weighted by Crippen LogP contribution is 2.56. The van der Waals surface area contributed by atoms with Gasteiger partial charge in [0.15, 0.2) is 0 Å². The molecule has 0 saturated heterocycles. The van der Waals surface area contributed by atoms with Crippen molar-refractivity contribution in [2.24, 2.45) is 27.1 Å². The molecule has 0 amide bonds. The van der Waals surface area contributed by atoms with Gasteiger partial charge in [0.25, 0.3) is 6.71 Å². The van der Waals surface area contributed by atoms with E-state index in [4.69, 9.17) is 0 Å². The Bertz CT molecular complexity index is 6660. The summed E-state index contributed by atoms with van der Waals surface area (Å²) in [6.07, 6.45) is 3.72. The van der Waals surface area contributed by atoms with E-state index in [-0.39, 0.29) is 97.1 Å². The summed E-state index contributed by atoms with van der Waals surface area (Å²) in [6, 6.07) is 77.4. The van der Waals surface area contributed by atoms with Crippen LogP contribution in [0.15, 0.2) is 255 Å². The van der Waals surface area contributed by atoms with Crippen LogP contribution in [0.2, 0.25) is 0 Å². The van der Waals surface area contributed by atoms with E-state index in [1.165, 1.54) is 33.4 Å². The number of nitrogens with zero attached hydrogens (tertiary/aromatic N) is 4. The van der Waals surface area contributed by atoms with Crippen molar-refractivity contribution < 1.29 is 11.0 Å². The van der Waals surface area contributed by atoms with Gasteiger partial charge in [0.2, 0.25) is 0 Å². The minimum Gasteiger partial charge on any atom is -0.310 e. The molecule has 0 atom stereocenters. The van der Waals surface area contributed by atoms with Crippen molar-refractivity contribution in [3.8, 4) is 55.9 Å². The minimum absolute atomic E-state index is 0.0806. The predicted molar refractivity (Wildman–Crippen MR) is 541 cm³/mol. The van der Waals surface area contributed by atoms with Crippen molar-refractivity contribution in [2.45, 2.75) is 241 Å². The Labute approximate surface area is 754 Å². The topological polar surface area (TPSA) is 16.3 Å². The maximum atomic E-state index is 10.3. The van der Waals surface area contributed by atoms with Crippen LogP contribution >= 0.6 is 0 Å². The second-order valence-corrected chi connectivity index (χ2v) is 46.5. The highest BCUT2D eigenvalue weighted by Gasteiger charge is 2.47. The van der Waals surface area contributed by atoms with Crippen LogP contribution in [0, 0.1) is 27.1 Å². The summed E-state index contributed by atoms with van der Waals surface area (Å²) >= 11 is 0. The molecule has 0 saturated carbocycles. The van der Waals surface area contributed by atoms with Gasteiger partial charge in [0.1, 0.15) is 0 Å². The Balaban J connectivity index is 1.12. The Kier molecular flexibility index (Phi) is 18.6. The number of anilines is 6. The van der Waals surface area contributed by atoms with Crippen LogP contribution in [0.3, 0.4) is 0 Å². The first-order chi connectivity index (χ1) is 61.4. The maximum absolute atomic E-state index is 10.3. The van der Waals surface area contributed by atoms with Crippen molar-refractivity contribution in [3.63, 3.8) is 0 Å². The second kappa shape index (κ2) is 30.5. The normalized spacial score (nSPS) is 14.6. The lowest BCUT2D eigenvalue weighted by atomic mass is 9.33. The van der Waals surface area contributed by atoms with Crippen molar-refractivity contribution in [3.05, 3.63) is 305 Å². The molecule has 632 valence electrons. The van der Waals surface area contributed by atoms with Crippen LogP contribution in [0.4, 0.5) is 34.1 Å². The largest absolute Gasteiger partial charge is 0.310 e. The van der Waals surface area contributed by atoms with Crippen molar-refractivity contribution in [1.82, 2.24) is 9.13 Å². The Hall–Kier alpha value is -10.9. The van der Waals surface area contributed by atoms with Gasteiger partial charge in [0, 0.05) is 77.9 Å². The van der Waals surface area contributed by atoms with Gasteiger partial charge in [-0.1, -0.05) is 345 Å². The fourth-order valence-corrected chi connectivity index (χ4v) is 19.8. The number of benzene rings is 13. The molecule has 2 aliphatic heterocycles. The molecule has 0 fully saturated rings. The Morgan fingerprint density at radius 2 is 0.548 bits per heavy atom. The minimum atomic E-state index is -0.536. The van der Waals surface area contributed by atoms with Gasteiger partial charge in [0.05, 0.1) is 44.4 Å². The maximum Gasteiger partial charge on any atom is 0.252 e. The highest BCUT2D eigenvalue weighted by atomic mass is 15.2. The van der Waals surface area contributed by atoms with Crippen molar-refractivity contribution in [1.29, 1.82) is 0 Å². The van der Waals surface area contributed by atoms with Gasteiger partial charge in [-0.25, -0.2) is 0 Å². The molecule has 17 rings (SSSR count). The number of fused-ring (bicyclic) bond motifs is 10. The van der Waals surface area contributed by atoms with Crippen LogP contribution in [-0.4, -0.2) is 15.8 Å². The molecule has 124 heavy (non-hydrogen) atoms. The average molecular weight is 1640 g/mol. The summed E-state index contributed by atoms with van der Waals surface area (Å²) in [4.78, 5) is 5.30. The average Bonchev–Trinajstić information content (AvgIpc) is 0.726. The lowest BCUT2D eigenvalue weighted by molar-refractivity contribution is 0.411. The molecule has 4 nitrogen and oxygen atoms in total. The number of hydrogen-bond donors (Lipinski definition) is 0. The van der Waals surface area contributed by atoms with E-state index in [1.54, 1.807) is 0 Å². The van der Waals surface area contributed by atoms with E-state index >= 15 is 0 Å². The van der Waals surface area contributed by atoms with Crippen molar-refractivity contribution >= 4 is 101 Å². The summed E-state index contributed by atoms with van der Waals surface area (Å²) in [5.41, 5.74) is 30.0. The molecule has 0 radical (unpaired) electrons. The molecule has 2 aliphatic rings. The van der Waals surface area contributed by atoms with Gasteiger partial charge < -0.3 is 18.9 Å². The third-order valence-corrected chi connectivity index (χ3v) is 25.2. The predicted octanol–water partition coefficient (Wildman–Crippen LogP) is 31.8. The summed E-state index contributed by atoms with van der Waals surface area (Å²) in [7, 11) is 0. The fourth-order valence-electron chi connectivity index (χ4n) is 19.8. The van der Waals surface area contributed by atoms with Crippen molar-refractivity contribution in [2.75, 3.05) is 9.80 Å². The molecule has 0 bridgehead atoms. The highest BCUT2D eigenvalue weighted by molar-refractivity contribution is 7.00. The number of aromatic nitrogens is 2. The Morgan fingerprint density at radius 3 is 0.847 bits per heavy atom. The molecular weight excluding hydrogens is 1500 g/mol. The number of rotatable bonds is 13. The summed E-state index contributed by atoms with van der Waals surface area (Å²) < 4.78 is 82.9. The van der Waals surface area contributed by atoms with Gasteiger partial charge in [-0.15, -0.1) is 0 Å².